The minimum atomic E-state index is -5.69. The highest BCUT2D eigenvalue weighted by Gasteiger charge is 2.48. The van der Waals surface area contributed by atoms with Crippen LogP contribution in [-0.2, 0) is 9.84 Å². The number of halogens is 4. The number of hydrogen-bond donors (Lipinski definition) is 1. The molecule has 0 aliphatic rings. The third-order valence-electron chi connectivity index (χ3n) is 2.08. The standard InChI is InChI=1S/C9H9F4NO2S/c1-5(14)6-3-2-4-7(8(6)10)17(15,16)9(11,12)13/h2-5H,14H2,1H3/t5-/m1/s1. The van der Waals surface area contributed by atoms with E-state index in [1.54, 1.807) is 0 Å². The van der Waals surface area contributed by atoms with Crippen molar-refractivity contribution in [2.45, 2.75) is 23.4 Å². The van der Waals surface area contributed by atoms with Crippen molar-refractivity contribution in [2.24, 2.45) is 5.73 Å². The van der Waals surface area contributed by atoms with Crippen LogP contribution in [0.15, 0.2) is 23.1 Å². The molecule has 0 aromatic heterocycles. The van der Waals surface area contributed by atoms with Crippen LogP contribution < -0.4 is 5.73 Å². The molecule has 0 fully saturated rings. The Hall–Kier alpha value is -1.15. The number of alkyl halides is 3. The first kappa shape index (κ1) is 13.9. The molecule has 1 aromatic carbocycles. The van der Waals surface area contributed by atoms with Gasteiger partial charge in [-0.2, -0.15) is 13.2 Å². The fourth-order valence-corrected chi connectivity index (χ4v) is 2.07. The lowest BCUT2D eigenvalue weighted by Crippen LogP contribution is -2.25. The average molecular weight is 271 g/mol. The van der Waals surface area contributed by atoms with Gasteiger partial charge < -0.3 is 5.73 Å². The predicted octanol–water partition coefficient (Wildman–Crippen LogP) is 2.14. The zero-order chi connectivity index (χ0) is 13.4. The molecule has 1 rings (SSSR count). The number of nitrogens with two attached hydrogens (primary N) is 1. The molecule has 0 unspecified atom stereocenters. The zero-order valence-corrected chi connectivity index (χ0v) is 9.44. The van der Waals surface area contributed by atoms with E-state index in [4.69, 9.17) is 5.73 Å². The predicted molar refractivity (Wildman–Crippen MR) is 52.2 cm³/mol. The fourth-order valence-electron chi connectivity index (χ4n) is 1.21. The van der Waals surface area contributed by atoms with Crippen molar-refractivity contribution < 1.29 is 26.0 Å². The normalized spacial score (nSPS) is 14.7. The van der Waals surface area contributed by atoms with Gasteiger partial charge in [-0.3, -0.25) is 0 Å². The molecule has 0 aliphatic heterocycles. The highest BCUT2D eigenvalue weighted by molar-refractivity contribution is 7.92. The Morgan fingerprint density at radius 1 is 1.29 bits per heavy atom. The molecule has 1 atom stereocenters. The van der Waals surface area contributed by atoms with Gasteiger partial charge in [0.2, 0.25) is 0 Å². The Bertz CT molecular complexity index is 522. The Balaban J connectivity index is 3.50. The van der Waals surface area contributed by atoms with Crippen LogP contribution in [-0.4, -0.2) is 13.9 Å². The van der Waals surface area contributed by atoms with Crippen molar-refractivity contribution in [3.05, 3.63) is 29.6 Å². The molecule has 96 valence electrons. The maximum Gasteiger partial charge on any atom is 0.502 e. The molecule has 0 saturated heterocycles. The topological polar surface area (TPSA) is 60.2 Å². The Morgan fingerprint density at radius 3 is 2.24 bits per heavy atom. The van der Waals surface area contributed by atoms with Gasteiger partial charge >= 0.3 is 5.51 Å². The Morgan fingerprint density at radius 2 is 1.82 bits per heavy atom. The van der Waals surface area contributed by atoms with E-state index in [1.165, 1.54) is 6.92 Å². The SMILES string of the molecule is C[C@@H](N)c1cccc(S(=O)(=O)C(F)(F)F)c1F. The molecule has 0 saturated carbocycles. The second kappa shape index (κ2) is 4.26. The van der Waals surface area contributed by atoms with Crippen LogP contribution in [0.3, 0.4) is 0 Å². The van der Waals surface area contributed by atoms with Gasteiger partial charge in [0.25, 0.3) is 9.84 Å². The number of hydrogen-bond acceptors (Lipinski definition) is 3. The molecule has 0 heterocycles. The molecule has 3 nitrogen and oxygen atoms in total. The molecular formula is C9H9F4NO2S. The van der Waals surface area contributed by atoms with Gasteiger partial charge in [-0.05, 0) is 13.0 Å². The number of sulfone groups is 1. The summed E-state index contributed by atoms with van der Waals surface area (Å²) in [4.78, 5) is -1.40. The van der Waals surface area contributed by atoms with E-state index in [0.29, 0.717) is 6.07 Å². The van der Waals surface area contributed by atoms with Crippen LogP contribution in [0.25, 0.3) is 0 Å². The summed E-state index contributed by atoms with van der Waals surface area (Å²) in [7, 11) is -5.69. The van der Waals surface area contributed by atoms with Crippen molar-refractivity contribution in [1.29, 1.82) is 0 Å². The van der Waals surface area contributed by atoms with E-state index in [9.17, 15) is 26.0 Å². The summed E-state index contributed by atoms with van der Waals surface area (Å²) in [6.45, 7) is 1.34. The molecule has 2 N–H and O–H groups in total. The van der Waals surface area contributed by atoms with Crippen LogP contribution in [0, 0.1) is 5.82 Å². The van der Waals surface area contributed by atoms with E-state index in [-0.39, 0.29) is 5.56 Å². The summed E-state index contributed by atoms with van der Waals surface area (Å²) in [6.07, 6.45) is 0. The minimum Gasteiger partial charge on any atom is -0.324 e. The van der Waals surface area contributed by atoms with E-state index in [2.05, 4.69) is 0 Å². The molecule has 1 aromatic rings. The monoisotopic (exact) mass is 271 g/mol. The molecule has 8 heteroatoms. The molecule has 0 radical (unpaired) electrons. The van der Waals surface area contributed by atoms with Crippen LogP contribution in [0.5, 0.6) is 0 Å². The smallest absolute Gasteiger partial charge is 0.324 e. The van der Waals surface area contributed by atoms with Gasteiger partial charge in [0.1, 0.15) is 10.7 Å². The second-order valence-electron chi connectivity index (χ2n) is 3.40. The summed E-state index contributed by atoms with van der Waals surface area (Å²) in [5.41, 5.74) is -0.500. The minimum absolute atomic E-state index is 0.282. The zero-order valence-electron chi connectivity index (χ0n) is 8.62. The maximum atomic E-state index is 13.6. The fraction of sp³-hybridized carbons (Fsp3) is 0.333. The highest BCUT2D eigenvalue weighted by Crippen LogP contribution is 2.33. The molecule has 0 spiro atoms. The lowest BCUT2D eigenvalue weighted by Gasteiger charge is -2.12. The summed E-state index contributed by atoms with van der Waals surface area (Å²) < 4.78 is 72.4. The first-order chi connectivity index (χ1) is 7.59. The van der Waals surface area contributed by atoms with Gasteiger partial charge in [0.15, 0.2) is 0 Å². The van der Waals surface area contributed by atoms with Gasteiger partial charge in [0.05, 0.1) is 0 Å². The third kappa shape index (κ3) is 2.42. The van der Waals surface area contributed by atoms with Crippen molar-refractivity contribution in [3.8, 4) is 0 Å². The van der Waals surface area contributed by atoms with Crippen LogP contribution in [0.2, 0.25) is 0 Å². The van der Waals surface area contributed by atoms with Crippen molar-refractivity contribution >= 4 is 9.84 Å². The van der Waals surface area contributed by atoms with Gasteiger partial charge in [-0.25, -0.2) is 12.8 Å². The first-order valence-corrected chi connectivity index (χ1v) is 5.92. The first-order valence-electron chi connectivity index (χ1n) is 4.44. The molecule has 0 amide bonds. The van der Waals surface area contributed by atoms with Gasteiger partial charge in [-0.15, -0.1) is 0 Å². The summed E-state index contributed by atoms with van der Waals surface area (Å²) >= 11 is 0. The van der Waals surface area contributed by atoms with Crippen molar-refractivity contribution in [1.82, 2.24) is 0 Å². The van der Waals surface area contributed by atoms with Crippen LogP contribution in [0.4, 0.5) is 17.6 Å². The lowest BCUT2D eigenvalue weighted by atomic mass is 10.1. The number of benzene rings is 1. The van der Waals surface area contributed by atoms with Gasteiger partial charge in [-0.1, -0.05) is 12.1 Å². The molecular weight excluding hydrogens is 262 g/mol. The molecule has 0 aliphatic carbocycles. The largest absolute Gasteiger partial charge is 0.502 e. The van der Waals surface area contributed by atoms with E-state index in [1.807, 2.05) is 0 Å². The molecule has 0 bridgehead atoms. The summed E-state index contributed by atoms with van der Waals surface area (Å²) in [5.74, 6) is -1.46. The summed E-state index contributed by atoms with van der Waals surface area (Å²) in [5, 5.41) is 0. The lowest BCUT2D eigenvalue weighted by molar-refractivity contribution is -0.0437. The quantitative estimate of drug-likeness (QED) is 0.838. The van der Waals surface area contributed by atoms with Crippen molar-refractivity contribution in [3.63, 3.8) is 0 Å². The summed E-state index contributed by atoms with van der Waals surface area (Å²) in [6, 6.07) is 1.80. The van der Waals surface area contributed by atoms with E-state index >= 15 is 0 Å². The van der Waals surface area contributed by atoms with Crippen LogP contribution >= 0.6 is 0 Å². The highest BCUT2D eigenvalue weighted by atomic mass is 32.2. The third-order valence-corrected chi connectivity index (χ3v) is 3.58. The van der Waals surface area contributed by atoms with E-state index < -0.39 is 32.1 Å². The number of rotatable bonds is 2. The van der Waals surface area contributed by atoms with Gasteiger partial charge in [0, 0.05) is 11.6 Å². The molecule has 17 heavy (non-hydrogen) atoms. The Labute approximate surface area is 95.2 Å². The van der Waals surface area contributed by atoms with Crippen LogP contribution in [0.1, 0.15) is 18.5 Å². The average Bonchev–Trinajstić information content (AvgIpc) is 2.15. The van der Waals surface area contributed by atoms with Crippen molar-refractivity contribution in [2.75, 3.05) is 0 Å². The second-order valence-corrected chi connectivity index (χ2v) is 5.31. The maximum absolute atomic E-state index is 13.6. The Kier molecular flexibility index (Phi) is 3.49. The van der Waals surface area contributed by atoms with E-state index in [0.717, 1.165) is 12.1 Å².